The molecule has 2 bridgehead atoms. The van der Waals surface area contributed by atoms with Gasteiger partial charge in [-0.05, 0) is 27.2 Å². The fourth-order valence-electron chi connectivity index (χ4n) is 2.43. The lowest BCUT2D eigenvalue weighted by molar-refractivity contribution is 0.0219. The molecule has 1 saturated heterocycles. The smallest absolute Gasteiger partial charge is 0.410 e. The monoisotopic (exact) mass is 226 g/mol. The lowest BCUT2D eigenvalue weighted by atomic mass is 10.1. The Bertz CT molecular complexity index is 333. The highest BCUT2D eigenvalue weighted by molar-refractivity contribution is 5.91. The number of nitrogens with zero attached hydrogens (tertiary/aromatic N) is 2. The number of likely N-dealkylation sites (tertiary alicyclic amines) is 1. The molecule has 5 heteroatoms. The summed E-state index contributed by atoms with van der Waals surface area (Å²) >= 11 is 0. The van der Waals surface area contributed by atoms with Crippen LogP contribution >= 0.6 is 0 Å². The molecule has 0 aromatic carbocycles. The van der Waals surface area contributed by atoms with Crippen molar-refractivity contribution in [1.29, 1.82) is 0 Å². The summed E-state index contributed by atoms with van der Waals surface area (Å²) in [6, 6.07) is 0.158. The summed E-state index contributed by atoms with van der Waals surface area (Å²) in [6.45, 7) is 6.21. The van der Waals surface area contributed by atoms with E-state index >= 15 is 0 Å². The zero-order valence-corrected chi connectivity index (χ0v) is 9.93. The number of hydrogen-bond acceptors (Lipinski definition) is 4. The van der Waals surface area contributed by atoms with Crippen molar-refractivity contribution in [2.45, 2.75) is 45.3 Å². The molecule has 2 fully saturated rings. The van der Waals surface area contributed by atoms with Crippen molar-refractivity contribution < 1.29 is 14.7 Å². The molecule has 2 rings (SSSR count). The van der Waals surface area contributed by atoms with Gasteiger partial charge in [-0.1, -0.05) is 5.16 Å². The van der Waals surface area contributed by atoms with E-state index in [-0.39, 0.29) is 18.1 Å². The summed E-state index contributed by atoms with van der Waals surface area (Å²) < 4.78 is 5.33. The van der Waals surface area contributed by atoms with Gasteiger partial charge in [-0.3, -0.25) is 0 Å². The van der Waals surface area contributed by atoms with E-state index in [9.17, 15) is 4.79 Å². The molecule has 1 aliphatic heterocycles. The number of amides is 1. The van der Waals surface area contributed by atoms with Crippen molar-refractivity contribution in [3.8, 4) is 0 Å². The van der Waals surface area contributed by atoms with E-state index in [1.165, 1.54) is 0 Å². The highest BCUT2D eigenvalue weighted by atomic mass is 16.6. The van der Waals surface area contributed by atoms with Gasteiger partial charge in [0.2, 0.25) is 0 Å². The molecule has 0 aromatic rings. The number of hydrogen-bond donors (Lipinski definition) is 1. The van der Waals surface area contributed by atoms with Crippen LogP contribution in [0, 0.1) is 5.92 Å². The molecule has 90 valence electrons. The van der Waals surface area contributed by atoms with E-state index in [1.807, 2.05) is 20.8 Å². The Morgan fingerprint density at radius 2 is 2.25 bits per heavy atom. The summed E-state index contributed by atoms with van der Waals surface area (Å²) in [5.74, 6) is 0.225. The van der Waals surface area contributed by atoms with Gasteiger partial charge in [0, 0.05) is 24.9 Å². The first-order valence-electron chi connectivity index (χ1n) is 5.61. The molecule has 1 N–H and O–H groups in total. The molecular weight excluding hydrogens is 208 g/mol. The summed E-state index contributed by atoms with van der Waals surface area (Å²) in [5.41, 5.74) is 0.372. The Morgan fingerprint density at radius 3 is 2.69 bits per heavy atom. The van der Waals surface area contributed by atoms with Gasteiger partial charge in [-0.2, -0.15) is 0 Å². The minimum absolute atomic E-state index is 0.158. The largest absolute Gasteiger partial charge is 0.444 e. The molecule has 1 heterocycles. The van der Waals surface area contributed by atoms with E-state index < -0.39 is 5.60 Å². The quantitative estimate of drug-likeness (QED) is 0.506. The molecule has 2 atom stereocenters. The SMILES string of the molecule is CC(C)(C)OC(=O)N1C[C@@H]2C[C@H]1C/C2=N\O. The zero-order valence-electron chi connectivity index (χ0n) is 9.93. The number of carbonyl (C=O) groups excluding carboxylic acids is 1. The van der Waals surface area contributed by atoms with E-state index in [0.29, 0.717) is 13.0 Å². The maximum Gasteiger partial charge on any atom is 0.410 e. The predicted molar refractivity (Wildman–Crippen MR) is 58.7 cm³/mol. The summed E-state index contributed by atoms with van der Waals surface area (Å²) in [7, 11) is 0. The van der Waals surface area contributed by atoms with E-state index in [0.717, 1.165) is 12.1 Å². The first kappa shape index (κ1) is 11.2. The third kappa shape index (κ3) is 1.99. The van der Waals surface area contributed by atoms with Gasteiger partial charge in [0.15, 0.2) is 0 Å². The van der Waals surface area contributed by atoms with Crippen LogP contribution in [0.25, 0.3) is 0 Å². The molecule has 1 saturated carbocycles. The molecular formula is C11H18N2O3. The molecule has 5 nitrogen and oxygen atoms in total. The van der Waals surface area contributed by atoms with Crippen LogP contribution in [0.1, 0.15) is 33.6 Å². The van der Waals surface area contributed by atoms with Crippen LogP contribution in [0.15, 0.2) is 5.16 Å². The van der Waals surface area contributed by atoms with Crippen molar-refractivity contribution in [3.63, 3.8) is 0 Å². The standard InChI is InChI=1S/C11H18N2O3/c1-11(2,3)16-10(14)13-6-7-4-8(13)5-9(7)12-15/h7-8,15H,4-6H2,1-3H3/b12-9+/t7-,8-/m0/s1. The summed E-state index contributed by atoms with van der Waals surface area (Å²) in [4.78, 5) is 13.6. The second kappa shape index (κ2) is 3.64. The normalized spacial score (nSPS) is 31.2. The molecule has 0 spiro atoms. The van der Waals surface area contributed by atoms with Gasteiger partial charge >= 0.3 is 6.09 Å². The van der Waals surface area contributed by atoms with Gasteiger partial charge < -0.3 is 14.8 Å². The lowest BCUT2D eigenvalue weighted by Gasteiger charge is -2.30. The first-order valence-corrected chi connectivity index (χ1v) is 5.61. The maximum absolute atomic E-state index is 11.8. The van der Waals surface area contributed by atoms with E-state index in [1.54, 1.807) is 4.90 Å². The Morgan fingerprint density at radius 1 is 1.56 bits per heavy atom. The minimum Gasteiger partial charge on any atom is -0.444 e. The second-order valence-corrected chi connectivity index (χ2v) is 5.51. The van der Waals surface area contributed by atoms with Gasteiger partial charge in [-0.25, -0.2) is 4.79 Å². The van der Waals surface area contributed by atoms with Crippen LogP contribution in [-0.2, 0) is 4.74 Å². The third-order valence-electron chi connectivity index (χ3n) is 3.09. The minimum atomic E-state index is -0.452. The Balaban J connectivity index is 1.98. The number of piperidine rings is 1. The fraction of sp³-hybridized carbons (Fsp3) is 0.818. The molecule has 1 amide bonds. The highest BCUT2D eigenvalue weighted by Crippen LogP contribution is 2.36. The number of oxime groups is 1. The lowest BCUT2D eigenvalue weighted by Crippen LogP contribution is -2.43. The maximum atomic E-state index is 11.8. The predicted octanol–water partition coefficient (Wildman–Crippen LogP) is 1.85. The number of fused-ring (bicyclic) bond motifs is 2. The molecule has 0 aromatic heterocycles. The van der Waals surface area contributed by atoms with Crippen molar-refractivity contribution in [2.75, 3.05) is 6.54 Å². The molecule has 1 aliphatic carbocycles. The van der Waals surface area contributed by atoms with Gasteiger partial charge in [0.1, 0.15) is 5.60 Å². The Hall–Kier alpha value is -1.26. The van der Waals surface area contributed by atoms with Gasteiger partial charge in [0.25, 0.3) is 0 Å². The van der Waals surface area contributed by atoms with E-state index in [4.69, 9.17) is 9.94 Å². The van der Waals surface area contributed by atoms with Crippen LogP contribution in [-0.4, -0.2) is 40.1 Å². The van der Waals surface area contributed by atoms with Crippen LogP contribution < -0.4 is 0 Å². The second-order valence-electron chi connectivity index (χ2n) is 5.51. The topological polar surface area (TPSA) is 62.1 Å². The molecule has 2 aliphatic rings. The van der Waals surface area contributed by atoms with Crippen LogP contribution in [0.4, 0.5) is 4.79 Å². The van der Waals surface area contributed by atoms with Crippen molar-refractivity contribution >= 4 is 11.8 Å². The third-order valence-corrected chi connectivity index (χ3v) is 3.09. The zero-order chi connectivity index (χ0) is 11.9. The van der Waals surface area contributed by atoms with E-state index in [2.05, 4.69) is 5.16 Å². The summed E-state index contributed by atoms with van der Waals surface area (Å²) in [6.07, 6.45) is 1.33. The van der Waals surface area contributed by atoms with Crippen molar-refractivity contribution in [1.82, 2.24) is 4.90 Å². The van der Waals surface area contributed by atoms with Crippen molar-refractivity contribution in [2.24, 2.45) is 11.1 Å². The highest BCUT2D eigenvalue weighted by Gasteiger charge is 2.46. The average molecular weight is 226 g/mol. The van der Waals surface area contributed by atoms with Gasteiger partial charge in [-0.15, -0.1) is 0 Å². The van der Waals surface area contributed by atoms with Gasteiger partial charge in [0.05, 0.1) is 5.71 Å². The van der Waals surface area contributed by atoms with Crippen LogP contribution in [0.2, 0.25) is 0 Å². The molecule has 0 radical (unpaired) electrons. The Labute approximate surface area is 95.1 Å². The van der Waals surface area contributed by atoms with Crippen LogP contribution in [0.3, 0.4) is 0 Å². The number of carbonyl (C=O) groups is 1. The number of rotatable bonds is 0. The average Bonchev–Trinajstić information content (AvgIpc) is 2.72. The van der Waals surface area contributed by atoms with Crippen LogP contribution in [0.5, 0.6) is 0 Å². The summed E-state index contributed by atoms with van der Waals surface area (Å²) in [5, 5.41) is 12.0. The number of ether oxygens (including phenoxy) is 1. The first-order chi connectivity index (χ1) is 7.40. The fourth-order valence-corrected chi connectivity index (χ4v) is 2.43. The van der Waals surface area contributed by atoms with Crippen molar-refractivity contribution in [3.05, 3.63) is 0 Å². The Kier molecular flexibility index (Phi) is 2.56. The molecule has 0 unspecified atom stereocenters. The molecule has 16 heavy (non-hydrogen) atoms.